The molecule has 0 radical (unpaired) electrons. The van der Waals surface area contributed by atoms with Gasteiger partial charge in [0, 0.05) is 31.0 Å². The number of rotatable bonds is 4. The Morgan fingerprint density at radius 2 is 1.96 bits per heavy atom. The highest BCUT2D eigenvalue weighted by atomic mass is 16.7. The van der Waals surface area contributed by atoms with Crippen molar-refractivity contribution < 1.29 is 19.4 Å². The predicted octanol–water partition coefficient (Wildman–Crippen LogP) is 1.92. The molecule has 1 aromatic heterocycles. The van der Waals surface area contributed by atoms with Crippen LogP contribution in [-0.2, 0) is 10.4 Å². The number of aliphatic hydroxyl groups is 1. The number of fused-ring (bicyclic) bond motifs is 1. The molecule has 0 bridgehead atoms. The SMILES string of the molecule is CN(C)C(C(=O)N1CCC(O)(c2cccnc2)CC1)c1ccc2c(c1)OCO2. The molecule has 1 unspecified atom stereocenters. The largest absolute Gasteiger partial charge is 0.454 e. The number of benzene rings is 1. The lowest BCUT2D eigenvalue weighted by atomic mass is 9.85. The minimum atomic E-state index is -0.933. The molecule has 28 heavy (non-hydrogen) atoms. The number of carbonyl (C=O) groups is 1. The lowest BCUT2D eigenvalue weighted by Crippen LogP contribution is -2.48. The Labute approximate surface area is 164 Å². The third-order valence-electron chi connectivity index (χ3n) is 5.56. The van der Waals surface area contributed by atoms with Gasteiger partial charge in [-0.25, -0.2) is 0 Å². The standard InChI is InChI=1S/C21H25N3O4/c1-23(2)19(15-5-6-17-18(12-15)28-14-27-17)20(25)24-10-7-21(26,8-11-24)16-4-3-9-22-13-16/h3-6,9,12-13,19,26H,7-8,10-11,14H2,1-2H3. The molecule has 4 rings (SSSR count). The maximum Gasteiger partial charge on any atom is 0.244 e. The average molecular weight is 383 g/mol. The summed E-state index contributed by atoms with van der Waals surface area (Å²) in [5.74, 6) is 1.40. The summed E-state index contributed by atoms with van der Waals surface area (Å²) >= 11 is 0. The van der Waals surface area contributed by atoms with Crippen LogP contribution in [0.3, 0.4) is 0 Å². The normalized spacial score (nSPS) is 18.9. The second-order valence-electron chi connectivity index (χ2n) is 7.58. The molecular formula is C21H25N3O4. The van der Waals surface area contributed by atoms with Crippen LogP contribution in [0.2, 0.25) is 0 Å². The summed E-state index contributed by atoms with van der Waals surface area (Å²) in [6.45, 7) is 1.21. The molecule has 1 atom stereocenters. The van der Waals surface area contributed by atoms with Crippen molar-refractivity contribution in [3.63, 3.8) is 0 Å². The van der Waals surface area contributed by atoms with Gasteiger partial charge in [-0.05, 0) is 50.7 Å². The summed E-state index contributed by atoms with van der Waals surface area (Å²) in [5, 5.41) is 11.0. The van der Waals surface area contributed by atoms with Crippen LogP contribution in [0.1, 0.15) is 30.0 Å². The van der Waals surface area contributed by atoms with E-state index in [1.165, 1.54) is 0 Å². The number of likely N-dealkylation sites (tertiary alicyclic amines) is 1. The number of aromatic nitrogens is 1. The van der Waals surface area contributed by atoms with E-state index in [4.69, 9.17) is 9.47 Å². The predicted molar refractivity (Wildman–Crippen MR) is 103 cm³/mol. The summed E-state index contributed by atoms with van der Waals surface area (Å²) in [7, 11) is 3.78. The van der Waals surface area contributed by atoms with Gasteiger partial charge in [0.15, 0.2) is 11.5 Å². The molecule has 148 valence electrons. The van der Waals surface area contributed by atoms with Gasteiger partial charge in [0.2, 0.25) is 12.7 Å². The van der Waals surface area contributed by atoms with Gasteiger partial charge >= 0.3 is 0 Å². The van der Waals surface area contributed by atoms with Gasteiger partial charge in [0.1, 0.15) is 6.04 Å². The number of amides is 1. The zero-order valence-corrected chi connectivity index (χ0v) is 16.2. The van der Waals surface area contributed by atoms with Gasteiger partial charge in [0.25, 0.3) is 0 Å². The van der Waals surface area contributed by atoms with E-state index in [2.05, 4.69) is 4.98 Å². The third kappa shape index (κ3) is 3.43. The van der Waals surface area contributed by atoms with E-state index in [1.807, 2.05) is 54.2 Å². The van der Waals surface area contributed by atoms with Gasteiger partial charge in [0.05, 0.1) is 5.60 Å². The van der Waals surface area contributed by atoms with E-state index in [9.17, 15) is 9.90 Å². The molecule has 0 saturated carbocycles. The van der Waals surface area contributed by atoms with Crippen LogP contribution in [0, 0.1) is 0 Å². The van der Waals surface area contributed by atoms with Crippen molar-refractivity contribution in [3.05, 3.63) is 53.9 Å². The van der Waals surface area contributed by atoms with E-state index in [-0.39, 0.29) is 12.7 Å². The number of piperidine rings is 1. The maximum atomic E-state index is 13.3. The van der Waals surface area contributed by atoms with E-state index in [1.54, 1.807) is 12.4 Å². The molecule has 1 amide bonds. The molecule has 1 N–H and O–H groups in total. The van der Waals surface area contributed by atoms with Crippen molar-refractivity contribution in [1.82, 2.24) is 14.8 Å². The second-order valence-corrected chi connectivity index (χ2v) is 7.58. The average Bonchev–Trinajstić information content (AvgIpc) is 3.17. The van der Waals surface area contributed by atoms with Crippen LogP contribution < -0.4 is 9.47 Å². The summed E-state index contributed by atoms with van der Waals surface area (Å²) in [6.07, 6.45) is 4.38. The molecule has 1 saturated heterocycles. The van der Waals surface area contributed by atoms with Gasteiger partial charge < -0.3 is 19.5 Å². The van der Waals surface area contributed by atoms with Gasteiger partial charge in [-0.1, -0.05) is 12.1 Å². The highest BCUT2D eigenvalue weighted by Gasteiger charge is 2.38. The van der Waals surface area contributed by atoms with Gasteiger partial charge in [-0.2, -0.15) is 0 Å². The monoisotopic (exact) mass is 383 g/mol. The molecule has 1 aromatic carbocycles. The Balaban J connectivity index is 1.50. The van der Waals surface area contributed by atoms with Crippen molar-refractivity contribution in [2.24, 2.45) is 0 Å². The number of pyridine rings is 1. The Kier molecular flexibility index (Phi) is 4.95. The Hall–Kier alpha value is -2.64. The first-order valence-electron chi connectivity index (χ1n) is 9.45. The highest BCUT2D eigenvalue weighted by Crippen LogP contribution is 2.37. The molecule has 0 aliphatic carbocycles. The first-order chi connectivity index (χ1) is 13.5. The van der Waals surface area contributed by atoms with Crippen LogP contribution in [-0.4, -0.2) is 59.8 Å². The third-order valence-corrected chi connectivity index (χ3v) is 5.56. The Morgan fingerprint density at radius 3 is 2.64 bits per heavy atom. The number of carbonyl (C=O) groups excluding carboxylic acids is 1. The molecule has 7 nitrogen and oxygen atoms in total. The summed E-state index contributed by atoms with van der Waals surface area (Å²) < 4.78 is 10.8. The quantitative estimate of drug-likeness (QED) is 0.870. The smallest absolute Gasteiger partial charge is 0.244 e. The van der Waals surface area contributed by atoms with E-state index in [0.29, 0.717) is 37.4 Å². The van der Waals surface area contributed by atoms with E-state index in [0.717, 1.165) is 11.1 Å². The molecule has 2 aliphatic rings. The fourth-order valence-electron chi connectivity index (χ4n) is 3.94. The molecule has 2 aromatic rings. The number of hydrogen-bond acceptors (Lipinski definition) is 6. The Bertz CT molecular complexity index is 848. The number of ether oxygens (including phenoxy) is 2. The fraction of sp³-hybridized carbons (Fsp3) is 0.429. The van der Waals surface area contributed by atoms with E-state index >= 15 is 0 Å². The maximum absolute atomic E-state index is 13.3. The zero-order chi connectivity index (χ0) is 19.7. The van der Waals surface area contributed by atoms with Crippen molar-refractivity contribution in [3.8, 4) is 11.5 Å². The summed E-state index contributed by atoms with van der Waals surface area (Å²) in [6, 6.07) is 8.93. The van der Waals surface area contributed by atoms with Crippen LogP contribution >= 0.6 is 0 Å². The molecule has 7 heteroatoms. The first-order valence-corrected chi connectivity index (χ1v) is 9.45. The van der Waals surface area contributed by atoms with Gasteiger partial charge in [-0.15, -0.1) is 0 Å². The van der Waals surface area contributed by atoms with Crippen LogP contribution in [0.25, 0.3) is 0 Å². The van der Waals surface area contributed by atoms with Crippen molar-refractivity contribution in [2.75, 3.05) is 34.0 Å². The minimum Gasteiger partial charge on any atom is -0.454 e. The number of hydrogen-bond donors (Lipinski definition) is 1. The van der Waals surface area contributed by atoms with Gasteiger partial charge in [-0.3, -0.25) is 14.7 Å². The topological polar surface area (TPSA) is 75.1 Å². The molecular weight excluding hydrogens is 358 g/mol. The van der Waals surface area contributed by atoms with Crippen LogP contribution in [0.4, 0.5) is 0 Å². The zero-order valence-electron chi connectivity index (χ0n) is 16.2. The Morgan fingerprint density at radius 1 is 1.21 bits per heavy atom. The van der Waals surface area contributed by atoms with E-state index < -0.39 is 11.6 Å². The molecule has 1 fully saturated rings. The van der Waals surface area contributed by atoms with Crippen LogP contribution in [0.15, 0.2) is 42.7 Å². The lowest BCUT2D eigenvalue weighted by molar-refractivity contribution is -0.141. The highest BCUT2D eigenvalue weighted by molar-refractivity contribution is 5.83. The first kappa shape index (κ1) is 18.7. The summed E-state index contributed by atoms with van der Waals surface area (Å²) in [4.78, 5) is 21.2. The molecule has 2 aliphatic heterocycles. The molecule has 3 heterocycles. The number of nitrogens with zero attached hydrogens (tertiary/aromatic N) is 3. The second kappa shape index (κ2) is 7.41. The van der Waals surface area contributed by atoms with Crippen LogP contribution in [0.5, 0.6) is 11.5 Å². The fourth-order valence-corrected chi connectivity index (χ4v) is 3.94. The van der Waals surface area contributed by atoms with Crippen molar-refractivity contribution in [1.29, 1.82) is 0 Å². The minimum absolute atomic E-state index is 0.0251. The number of likely N-dealkylation sites (N-methyl/N-ethyl adjacent to an activating group) is 1. The van der Waals surface area contributed by atoms with Crippen molar-refractivity contribution >= 4 is 5.91 Å². The summed E-state index contributed by atoms with van der Waals surface area (Å²) in [5.41, 5.74) is 0.742. The molecule has 0 spiro atoms. The van der Waals surface area contributed by atoms with Crippen molar-refractivity contribution in [2.45, 2.75) is 24.5 Å². The lowest BCUT2D eigenvalue weighted by Gasteiger charge is -2.40.